The van der Waals surface area contributed by atoms with Crippen LogP contribution in [0.15, 0.2) is 30.6 Å². The van der Waals surface area contributed by atoms with Crippen LogP contribution in [0.4, 0.5) is 5.82 Å². The number of ether oxygens (including phenoxy) is 1. The summed E-state index contributed by atoms with van der Waals surface area (Å²) in [6.45, 7) is 7.29. The Kier molecular flexibility index (Phi) is 6.40. The van der Waals surface area contributed by atoms with Crippen molar-refractivity contribution in [2.45, 2.75) is 50.2 Å². The van der Waals surface area contributed by atoms with Gasteiger partial charge in [-0.25, -0.2) is 9.97 Å². The largest absolute Gasteiger partial charge is 0.387 e. The Morgan fingerprint density at radius 3 is 2.72 bits per heavy atom. The molecule has 0 radical (unpaired) electrons. The highest BCUT2D eigenvalue weighted by Crippen LogP contribution is 2.44. The number of amides is 1. The number of benzene rings is 1. The number of aliphatic hydroxyl groups excluding tert-OH is 1. The second-order valence-corrected chi connectivity index (χ2v) is 11.4. The summed E-state index contributed by atoms with van der Waals surface area (Å²) in [6, 6.07) is 7.82. The van der Waals surface area contributed by atoms with E-state index in [9.17, 15) is 9.90 Å². The first-order valence-corrected chi connectivity index (χ1v) is 13.5. The number of aliphatic hydroxyl groups is 1. The summed E-state index contributed by atoms with van der Waals surface area (Å²) in [5.41, 5.74) is 2.97. The average molecular weight is 512 g/mol. The minimum absolute atomic E-state index is 0.0749. The fraction of sp³-hybridized carbons (Fsp3) is 0.593. The lowest BCUT2D eigenvalue weighted by atomic mass is 9.80. The summed E-state index contributed by atoms with van der Waals surface area (Å²) in [5.74, 6) is 1.04. The van der Waals surface area contributed by atoms with Crippen LogP contribution in [0.1, 0.15) is 60.9 Å². The van der Waals surface area contributed by atoms with Crippen molar-refractivity contribution in [1.29, 1.82) is 0 Å². The minimum Gasteiger partial charge on any atom is -0.387 e. The number of rotatable bonds is 4. The van der Waals surface area contributed by atoms with Gasteiger partial charge in [-0.05, 0) is 42.9 Å². The Labute approximate surface area is 217 Å². The predicted octanol–water partition coefficient (Wildman–Crippen LogP) is 2.87. The van der Waals surface area contributed by atoms with Gasteiger partial charge >= 0.3 is 0 Å². The maximum absolute atomic E-state index is 14.0. The van der Waals surface area contributed by atoms with Crippen LogP contribution in [0.25, 0.3) is 0 Å². The van der Waals surface area contributed by atoms with Gasteiger partial charge in [0.1, 0.15) is 12.1 Å². The van der Waals surface area contributed by atoms with Gasteiger partial charge in [0.25, 0.3) is 0 Å². The Balaban J connectivity index is 1.20. The molecular formula is C27H34ClN5O3. The second kappa shape index (κ2) is 9.56. The molecule has 1 aromatic heterocycles. The molecule has 4 aliphatic rings. The average Bonchev–Trinajstić information content (AvgIpc) is 3.61. The SMILES string of the molecule is C[C@@H]1C[C@@H](O)c2ncnc(N3CCN(C(=O)[C@@H](c4ccc(Cl)cc4)[C@@H]4CC5(CCOC5)CN4)CC3)c21. The molecule has 6 rings (SSSR count). The van der Waals surface area contributed by atoms with Gasteiger partial charge in [0.2, 0.25) is 5.91 Å². The summed E-state index contributed by atoms with van der Waals surface area (Å²) < 4.78 is 5.72. The first-order valence-electron chi connectivity index (χ1n) is 13.1. The van der Waals surface area contributed by atoms with Gasteiger partial charge in [0, 0.05) is 61.4 Å². The summed E-state index contributed by atoms with van der Waals surface area (Å²) >= 11 is 6.18. The molecule has 3 fully saturated rings. The van der Waals surface area contributed by atoms with Crippen molar-refractivity contribution in [3.8, 4) is 0 Å². The fourth-order valence-electron chi connectivity index (χ4n) is 6.65. The number of nitrogens with zero attached hydrogens (tertiary/aromatic N) is 4. The molecule has 1 unspecified atom stereocenters. The van der Waals surface area contributed by atoms with E-state index >= 15 is 0 Å². The molecule has 4 heterocycles. The van der Waals surface area contributed by atoms with Crippen LogP contribution < -0.4 is 10.2 Å². The van der Waals surface area contributed by atoms with Gasteiger partial charge < -0.3 is 25.0 Å². The Hall–Kier alpha value is -2.26. The zero-order chi connectivity index (χ0) is 24.9. The first-order chi connectivity index (χ1) is 17.4. The van der Waals surface area contributed by atoms with E-state index in [-0.39, 0.29) is 29.2 Å². The molecule has 3 aliphatic heterocycles. The standard InChI is InChI=1S/C27H34ClN5O3/c1-17-12-21(34)24-22(17)25(31-16-30-24)32-7-9-33(10-8-32)26(35)23(18-2-4-19(28)5-3-18)20-13-27(14-29-20)6-11-36-15-27/h2-5,16-17,20-21,23,29,34H,6-15H2,1H3/t17-,20+,21-,23+,27?/m1/s1. The summed E-state index contributed by atoms with van der Waals surface area (Å²) in [4.78, 5) is 27.2. The van der Waals surface area contributed by atoms with Crippen molar-refractivity contribution in [1.82, 2.24) is 20.2 Å². The number of hydrogen-bond donors (Lipinski definition) is 2. The molecule has 192 valence electrons. The molecule has 1 aromatic carbocycles. The highest BCUT2D eigenvalue weighted by molar-refractivity contribution is 6.30. The Bertz CT molecular complexity index is 1110. The molecule has 0 saturated carbocycles. The van der Waals surface area contributed by atoms with Crippen molar-refractivity contribution in [2.75, 3.05) is 50.8 Å². The third-order valence-electron chi connectivity index (χ3n) is 8.64. The molecule has 8 nitrogen and oxygen atoms in total. The fourth-order valence-corrected chi connectivity index (χ4v) is 6.78. The topological polar surface area (TPSA) is 90.8 Å². The normalized spacial score (nSPS) is 30.7. The zero-order valence-electron chi connectivity index (χ0n) is 20.7. The van der Waals surface area contributed by atoms with Crippen LogP contribution in [0, 0.1) is 5.41 Å². The van der Waals surface area contributed by atoms with E-state index in [0.717, 1.165) is 55.2 Å². The third-order valence-corrected chi connectivity index (χ3v) is 8.90. The van der Waals surface area contributed by atoms with Gasteiger partial charge in [-0.3, -0.25) is 4.79 Å². The van der Waals surface area contributed by atoms with E-state index < -0.39 is 6.10 Å². The molecule has 2 N–H and O–H groups in total. The van der Waals surface area contributed by atoms with Crippen LogP contribution in [0.2, 0.25) is 5.02 Å². The van der Waals surface area contributed by atoms with Gasteiger partial charge in [0.05, 0.1) is 24.3 Å². The van der Waals surface area contributed by atoms with E-state index in [1.54, 1.807) is 6.33 Å². The van der Waals surface area contributed by atoms with E-state index in [1.807, 2.05) is 29.2 Å². The monoisotopic (exact) mass is 511 g/mol. The van der Waals surface area contributed by atoms with Gasteiger partial charge in [0.15, 0.2) is 0 Å². The number of nitrogens with one attached hydrogen (secondary N) is 1. The number of aromatic nitrogens is 2. The maximum Gasteiger partial charge on any atom is 0.231 e. The maximum atomic E-state index is 14.0. The molecule has 2 aromatic rings. The van der Waals surface area contributed by atoms with Crippen LogP contribution in [-0.2, 0) is 9.53 Å². The summed E-state index contributed by atoms with van der Waals surface area (Å²) in [7, 11) is 0. The highest BCUT2D eigenvalue weighted by atomic mass is 35.5. The van der Waals surface area contributed by atoms with E-state index in [2.05, 4.69) is 27.1 Å². The van der Waals surface area contributed by atoms with Crippen molar-refractivity contribution in [3.05, 3.63) is 52.4 Å². The number of anilines is 1. The van der Waals surface area contributed by atoms with Crippen LogP contribution in [0.5, 0.6) is 0 Å². The van der Waals surface area contributed by atoms with Crippen molar-refractivity contribution < 1.29 is 14.6 Å². The summed E-state index contributed by atoms with van der Waals surface area (Å²) in [5, 5.41) is 14.7. The van der Waals surface area contributed by atoms with E-state index in [4.69, 9.17) is 16.3 Å². The molecular weight excluding hydrogens is 478 g/mol. The highest BCUT2D eigenvalue weighted by Gasteiger charge is 2.47. The molecule has 1 amide bonds. The van der Waals surface area contributed by atoms with Gasteiger partial charge in [-0.15, -0.1) is 0 Å². The lowest BCUT2D eigenvalue weighted by molar-refractivity contribution is -0.133. The van der Waals surface area contributed by atoms with Gasteiger partial charge in [-0.2, -0.15) is 0 Å². The molecule has 1 aliphatic carbocycles. The van der Waals surface area contributed by atoms with Crippen LogP contribution >= 0.6 is 11.6 Å². The smallest absolute Gasteiger partial charge is 0.231 e. The summed E-state index contributed by atoms with van der Waals surface area (Å²) in [6.07, 6.45) is 3.71. The zero-order valence-corrected chi connectivity index (χ0v) is 21.5. The number of carbonyl (C=O) groups is 1. The predicted molar refractivity (Wildman–Crippen MR) is 137 cm³/mol. The quantitative estimate of drug-likeness (QED) is 0.652. The lowest BCUT2D eigenvalue weighted by Gasteiger charge is -2.39. The number of carbonyl (C=O) groups excluding carboxylic acids is 1. The number of fused-ring (bicyclic) bond motifs is 1. The lowest BCUT2D eigenvalue weighted by Crippen LogP contribution is -2.52. The molecule has 9 heteroatoms. The number of hydrogen-bond acceptors (Lipinski definition) is 7. The third kappa shape index (κ3) is 4.28. The Morgan fingerprint density at radius 1 is 1.22 bits per heavy atom. The molecule has 0 bridgehead atoms. The molecule has 5 atom stereocenters. The molecule has 3 saturated heterocycles. The van der Waals surface area contributed by atoms with Gasteiger partial charge in [-0.1, -0.05) is 30.7 Å². The van der Waals surface area contributed by atoms with Crippen molar-refractivity contribution in [3.63, 3.8) is 0 Å². The molecule has 1 spiro atoms. The number of piperazine rings is 1. The van der Waals surface area contributed by atoms with E-state index in [0.29, 0.717) is 37.6 Å². The van der Waals surface area contributed by atoms with Crippen molar-refractivity contribution in [2.24, 2.45) is 5.41 Å². The first kappa shape index (κ1) is 24.1. The van der Waals surface area contributed by atoms with Crippen LogP contribution in [0.3, 0.4) is 0 Å². The van der Waals surface area contributed by atoms with Crippen LogP contribution in [-0.4, -0.2) is 77.9 Å². The number of halogens is 1. The van der Waals surface area contributed by atoms with E-state index in [1.165, 1.54) is 0 Å². The second-order valence-electron chi connectivity index (χ2n) is 11.0. The Morgan fingerprint density at radius 2 is 2.00 bits per heavy atom. The minimum atomic E-state index is -0.521. The molecule has 36 heavy (non-hydrogen) atoms. The van der Waals surface area contributed by atoms with Crippen molar-refractivity contribution >= 4 is 23.3 Å².